The van der Waals surface area contributed by atoms with Crippen molar-refractivity contribution in [3.05, 3.63) is 0 Å². The molecule has 0 bridgehead atoms. The molecule has 1 aliphatic carbocycles. The lowest BCUT2D eigenvalue weighted by atomic mass is 9.89. The SMILES string of the molecule is CC1CCCC(OCC(O)CNC2CCOC2)C1. The van der Waals surface area contributed by atoms with E-state index in [1.165, 1.54) is 12.8 Å². The number of ether oxygens (including phenoxy) is 2. The first kappa shape index (κ1) is 14.3. The van der Waals surface area contributed by atoms with Gasteiger partial charge in [0.05, 0.1) is 25.4 Å². The van der Waals surface area contributed by atoms with Gasteiger partial charge in [-0.15, -0.1) is 0 Å². The molecule has 2 rings (SSSR count). The molecule has 2 fully saturated rings. The van der Waals surface area contributed by atoms with Gasteiger partial charge in [0.2, 0.25) is 0 Å². The molecule has 0 aromatic carbocycles. The Hall–Kier alpha value is -0.160. The largest absolute Gasteiger partial charge is 0.389 e. The zero-order valence-corrected chi connectivity index (χ0v) is 11.4. The third kappa shape index (κ3) is 4.84. The van der Waals surface area contributed by atoms with Crippen LogP contribution in [0, 0.1) is 5.92 Å². The Morgan fingerprint density at radius 2 is 2.28 bits per heavy atom. The van der Waals surface area contributed by atoms with Gasteiger partial charge in [-0.3, -0.25) is 0 Å². The molecule has 4 heteroatoms. The maximum absolute atomic E-state index is 9.88. The van der Waals surface area contributed by atoms with Gasteiger partial charge in [-0.25, -0.2) is 0 Å². The van der Waals surface area contributed by atoms with Crippen molar-refractivity contribution in [2.24, 2.45) is 5.92 Å². The van der Waals surface area contributed by atoms with Gasteiger partial charge < -0.3 is 19.9 Å². The molecule has 1 saturated carbocycles. The van der Waals surface area contributed by atoms with Crippen molar-refractivity contribution in [2.45, 2.75) is 57.3 Å². The highest BCUT2D eigenvalue weighted by Gasteiger charge is 2.21. The summed E-state index contributed by atoms with van der Waals surface area (Å²) >= 11 is 0. The van der Waals surface area contributed by atoms with Crippen LogP contribution in [0.1, 0.15) is 39.0 Å². The highest BCUT2D eigenvalue weighted by atomic mass is 16.5. The minimum Gasteiger partial charge on any atom is -0.389 e. The van der Waals surface area contributed by atoms with Gasteiger partial charge in [0.15, 0.2) is 0 Å². The van der Waals surface area contributed by atoms with Crippen molar-refractivity contribution < 1.29 is 14.6 Å². The summed E-state index contributed by atoms with van der Waals surface area (Å²) in [5.74, 6) is 0.773. The van der Waals surface area contributed by atoms with Crippen LogP contribution in [-0.4, -0.2) is 49.7 Å². The summed E-state index contributed by atoms with van der Waals surface area (Å²) in [7, 11) is 0. The maximum Gasteiger partial charge on any atom is 0.0897 e. The second-order valence-corrected chi connectivity index (χ2v) is 5.85. The molecule has 2 aliphatic rings. The maximum atomic E-state index is 9.88. The molecule has 1 aliphatic heterocycles. The Morgan fingerprint density at radius 1 is 1.39 bits per heavy atom. The number of aliphatic hydroxyl groups is 1. The van der Waals surface area contributed by atoms with Crippen molar-refractivity contribution in [3.8, 4) is 0 Å². The van der Waals surface area contributed by atoms with E-state index in [0.29, 0.717) is 25.3 Å². The van der Waals surface area contributed by atoms with Gasteiger partial charge in [-0.05, 0) is 25.2 Å². The van der Waals surface area contributed by atoms with Crippen LogP contribution in [0.4, 0.5) is 0 Å². The molecule has 4 nitrogen and oxygen atoms in total. The standard InChI is InChI=1S/C14H27NO3/c1-11-3-2-4-14(7-11)18-10-13(16)8-15-12-5-6-17-9-12/h11-16H,2-10H2,1H3. The quantitative estimate of drug-likeness (QED) is 0.753. The highest BCUT2D eigenvalue weighted by Crippen LogP contribution is 2.25. The van der Waals surface area contributed by atoms with Crippen LogP contribution in [0.2, 0.25) is 0 Å². The predicted molar refractivity (Wildman–Crippen MR) is 70.6 cm³/mol. The molecule has 2 N–H and O–H groups in total. The fourth-order valence-electron chi connectivity index (χ4n) is 2.83. The van der Waals surface area contributed by atoms with Crippen molar-refractivity contribution in [1.29, 1.82) is 0 Å². The molecular weight excluding hydrogens is 230 g/mol. The second-order valence-electron chi connectivity index (χ2n) is 5.85. The zero-order chi connectivity index (χ0) is 12.8. The summed E-state index contributed by atoms with van der Waals surface area (Å²) in [6.45, 7) is 4.96. The Balaban J connectivity index is 1.54. The zero-order valence-electron chi connectivity index (χ0n) is 11.4. The fraction of sp³-hybridized carbons (Fsp3) is 1.00. The Bertz CT molecular complexity index is 231. The summed E-state index contributed by atoms with van der Waals surface area (Å²) in [6.07, 6.45) is 5.90. The molecule has 0 aromatic rings. The summed E-state index contributed by atoms with van der Waals surface area (Å²) < 4.78 is 11.1. The number of aliphatic hydroxyl groups excluding tert-OH is 1. The molecule has 1 heterocycles. The van der Waals surface area contributed by atoms with Crippen LogP contribution in [0.5, 0.6) is 0 Å². The lowest BCUT2D eigenvalue weighted by Crippen LogP contribution is -2.38. The highest BCUT2D eigenvalue weighted by molar-refractivity contribution is 4.74. The van der Waals surface area contributed by atoms with Crippen LogP contribution < -0.4 is 5.32 Å². The van der Waals surface area contributed by atoms with E-state index in [2.05, 4.69) is 12.2 Å². The van der Waals surface area contributed by atoms with Crippen LogP contribution in [-0.2, 0) is 9.47 Å². The van der Waals surface area contributed by atoms with Crippen LogP contribution in [0.25, 0.3) is 0 Å². The van der Waals surface area contributed by atoms with Gasteiger partial charge in [0, 0.05) is 19.2 Å². The second kappa shape index (κ2) is 7.43. The van der Waals surface area contributed by atoms with E-state index >= 15 is 0 Å². The average Bonchev–Trinajstić information content (AvgIpc) is 2.87. The van der Waals surface area contributed by atoms with Gasteiger partial charge >= 0.3 is 0 Å². The van der Waals surface area contributed by atoms with Crippen LogP contribution >= 0.6 is 0 Å². The van der Waals surface area contributed by atoms with E-state index < -0.39 is 6.10 Å². The average molecular weight is 257 g/mol. The Labute approximate surface area is 110 Å². The van der Waals surface area contributed by atoms with Gasteiger partial charge in [-0.1, -0.05) is 19.8 Å². The first-order chi connectivity index (χ1) is 8.74. The van der Waals surface area contributed by atoms with E-state index in [4.69, 9.17) is 9.47 Å². The van der Waals surface area contributed by atoms with Gasteiger partial charge in [0.25, 0.3) is 0 Å². The van der Waals surface area contributed by atoms with Crippen LogP contribution in [0.3, 0.4) is 0 Å². The fourth-order valence-corrected chi connectivity index (χ4v) is 2.83. The normalized spacial score (nSPS) is 34.7. The summed E-state index contributed by atoms with van der Waals surface area (Å²) in [5, 5.41) is 13.2. The predicted octanol–water partition coefficient (Wildman–Crippen LogP) is 1.32. The molecule has 0 spiro atoms. The third-order valence-electron chi connectivity index (χ3n) is 3.98. The molecule has 4 atom stereocenters. The molecule has 0 radical (unpaired) electrons. The number of hydrogen-bond donors (Lipinski definition) is 2. The summed E-state index contributed by atoms with van der Waals surface area (Å²) in [5.41, 5.74) is 0. The molecule has 18 heavy (non-hydrogen) atoms. The lowest BCUT2D eigenvalue weighted by molar-refractivity contribution is -0.0312. The van der Waals surface area contributed by atoms with E-state index in [1.54, 1.807) is 0 Å². The van der Waals surface area contributed by atoms with Crippen molar-refractivity contribution in [3.63, 3.8) is 0 Å². The Kier molecular flexibility index (Phi) is 5.89. The van der Waals surface area contributed by atoms with Crippen LogP contribution in [0.15, 0.2) is 0 Å². The van der Waals surface area contributed by atoms with E-state index in [-0.39, 0.29) is 0 Å². The van der Waals surface area contributed by atoms with Crippen molar-refractivity contribution >= 4 is 0 Å². The summed E-state index contributed by atoms with van der Waals surface area (Å²) in [4.78, 5) is 0. The van der Waals surface area contributed by atoms with Gasteiger partial charge in [-0.2, -0.15) is 0 Å². The minimum absolute atomic E-state index is 0.359. The monoisotopic (exact) mass is 257 g/mol. The lowest BCUT2D eigenvalue weighted by Gasteiger charge is -2.27. The molecule has 4 unspecified atom stereocenters. The third-order valence-corrected chi connectivity index (χ3v) is 3.98. The Morgan fingerprint density at radius 3 is 3.00 bits per heavy atom. The van der Waals surface area contributed by atoms with Crippen molar-refractivity contribution in [2.75, 3.05) is 26.4 Å². The number of rotatable bonds is 6. The molecule has 0 aromatic heterocycles. The van der Waals surface area contributed by atoms with E-state index in [0.717, 1.165) is 38.4 Å². The number of hydrogen-bond acceptors (Lipinski definition) is 4. The molecule has 1 saturated heterocycles. The van der Waals surface area contributed by atoms with Crippen molar-refractivity contribution in [1.82, 2.24) is 5.32 Å². The molecule has 0 amide bonds. The number of nitrogens with one attached hydrogen (secondary N) is 1. The van der Waals surface area contributed by atoms with E-state index in [9.17, 15) is 5.11 Å². The first-order valence-corrected chi connectivity index (χ1v) is 7.35. The molecular formula is C14H27NO3. The minimum atomic E-state index is -0.400. The van der Waals surface area contributed by atoms with E-state index in [1.807, 2.05) is 0 Å². The first-order valence-electron chi connectivity index (χ1n) is 7.35. The smallest absolute Gasteiger partial charge is 0.0897 e. The van der Waals surface area contributed by atoms with Gasteiger partial charge in [0.1, 0.15) is 0 Å². The topological polar surface area (TPSA) is 50.7 Å². The molecule has 106 valence electrons. The summed E-state index contributed by atoms with van der Waals surface area (Å²) in [6, 6.07) is 0.411.